The molecule has 0 bridgehead atoms. The van der Waals surface area contributed by atoms with Crippen LogP contribution in [0.25, 0.3) is 0 Å². The summed E-state index contributed by atoms with van der Waals surface area (Å²) in [6.07, 6.45) is 5.75. The van der Waals surface area contributed by atoms with Crippen LogP contribution in [-0.4, -0.2) is 56.3 Å². The van der Waals surface area contributed by atoms with Gasteiger partial charge in [0.2, 0.25) is 5.91 Å². The molecule has 0 aliphatic carbocycles. The maximum absolute atomic E-state index is 15.0. The van der Waals surface area contributed by atoms with Crippen LogP contribution in [-0.2, 0) is 16.0 Å². The average Bonchev–Trinajstić information content (AvgIpc) is 2.96. The lowest BCUT2D eigenvalue weighted by Gasteiger charge is -2.34. The molecule has 0 saturated carbocycles. The molecule has 1 heterocycles. The van der Waals surface area contributed by atoms with Gasteiger partial charge < -0.3 is 21.1 Å². The number of ether oxygens (including phenoxy) is 1. The van der Waals surface area contributed by atoms with Crippen molar-refractivity contribution >= 4 is 42.5 Å². The predicted molar refractivity (Wildman–Crippen MR) is 168 cm³/mol. The Morgan fingerprint density at radius 1 is 1.20 bits per heavy atom. The number of nitrogens with zero attached hydrogens (tertiary/aromatic N) is 1. The van der Waals surface area contributed by atoms with Gasteiger partial charge in [-0.1, -0.05) is 29.8 Å². The lowest BCUT2D eigenvalue weighted by molar-refractivity contribution is -0.118. The Kier molecular flexibility index (Phi) is 13.9. The molecule has 6 nitrogen and oxygen atoms in total. The molecule has 1 aliphatic rings. The molecule has 9 heteroatoms. The van der Waals surface area contributed by atoms with E-state index in [-0.39, 0.29) is 35.6 Å². The van der Waals surface area contributed by atoms with Gasteiger partial charge in [0.05, 0.1) is 12.1 Å². The second-order valence-electron chi connectivity index (χ2n) is 10.7. The first-order valence-corrected chi connectivity index (χ1v) is 15.3. The van der Waals surface area contributed by atoms with Gasteiger partial charge in [-0.25, -0.2) is 4.39 Å². The minimum absolute atomic E-state index is 0.170. The Hall–Kier alpha value is -1.97. The van der Waals surface area contributed by atoms with Crippen LogP contribution >= 0.6 is 24.2 Å². The molecule has 1 saturated heterocycles. The van der Waals surface area contributed by atoms with Crippen LogP contribution in [0.1, 0.15) is 62.5 Å². The van der Waals surface area contributed by atoms with Crippen LogP contribution in [0.4, 0.5) is 10.1 Å². The van der Waals surface area contributed by atoms with E-state index in [0.717, 1.165) is 50.0 Å². The molecule has 0 spiro atoms. The van der Waals surface area contributed by atoms with E-state index in [4.69, 9.17) is 22.1 Å². The molecule has 40 heavy (non-hydrogen) atoms. The number of anilines is 1. The van der Waals surface area contributed by atoms with Crippen molar-refractivity contribution in [2.24, 2.45) is 16.6 Å². The van der Waals surface area contributed by atoms with Crippen LogP contribution < -0.4 is 16.4 Å². The molecule has 4 atom stereocenters. The minimum Gasteiger partial charge on any atom is -0.381 e. The summed E-state index contributed by atoms with van der Waals surface area (Å²) in [5.41, 5.74) is 8.57. The number of aliphatic imine (C=N–C) groups is 1. The number of amides is 1. The van der Waals surface area contributed by atoms with Gasteiger partial charge in [-0.15, -0.1) is 0 Å². The molecule has 3 unspecified atom stereocenters. The number of nitrogens with two attached hydrogens (primary N) is 1. The highest BCUT2D eigenvalue weighted by atomic mass is 35.5. The number of carbonyl (C=O) groups excluding carboxylic acids is 1. The largest absolute Gasteiger partial charge is 0.381 e. The average molecular weight is 591 g/mol. The number of hydrogen-bond acceptors (Lipinski definition) is 6. The number of thiol groups is 1. The fourth-order valence-corrected chi connectivity index (χ4v) is 5.76. The van der Waals surface area contributed by atoms with E-state index in [1.54, 1.807) is 12.1 Å². The van der Waals surface area contributed by atoms with E-state index in [1.165, 1.54) is 6.07 Å². The van der Waals surface area contributed by atoms with Crippen molar-refractivity contribution < 1.29 is 13.9 Å². The summed E-state index contributed by atoms with van der Waals surface area (Å²) in [4.78, 5) is 17.7. The van der Waals surface area contributed by atoms with Gasteiger partial charge in [0, 0.05) is 41.4 Å². The molecule has 220 valence electrons. The second-order valence-corrected chi connectivity index (χ2v) is 11.6. The van der Waals surface area contributed by atoms with Crippen molar-refractivity contribution in [1.29, 1.82) is 0 Å². The van der Waals surface area contributed by atoms with Gasteiger partial charge in [-0.05, 0) is 107 Å². The Balaban J connectivity index is 1.64. The lowest BCUT2D eigenvalue weighted by atomic mass is 9.76. The van der Waals surface area contributed by atoms with Gasteiger partial charge >= 0.3 is 0 Å². The van der Waals surface area contributed by atoms with E-state index in [9.17, 15) is 9.18 Å². The standard InChI is InChI=1S/C31H44ClFN4O2S/c1-21(36-17-14-25(35-2)5-4-20-40)8-13-26-27(33)6-3-7-28(26)37-31(38)30(34)29(23-15-18-39-19-16-23)22-9-11-24(32)12-10-22/h3,6-7,9-12,21,23,25,29-30,36,40H,2,4-5,8,13-20,34H2,1H3,(H,37,38)/t21?,25?,29?,30-/m0/s1. The smallest absolute Gasteiger partial charge is 0.241 e. The number of hydrogen-bond donors (Lipinski definition) is 4. The molecule has 1 amide bonds. The summed E-state index contributed by atoms with van der Waals surface area (Å²) >= 11 is 10.4. The Morgan fingerprint density at radius 2 is 1.93 bits per heavy atom. The van der Waals surface area contributed by atoms with Crippen molar-refractivity contribution in [3.8, 4) is 0 Å². The van der Waals surface area contributed by atoms with Crippen LogP contribution in [0.5, 0.6) is 0 Å². The third kappa shape index (κ3) is 9.84. The molecular weight excluding hydrogens is 547 g/mol. The zero-order valence-corrected chi connectivity index (χ0v) is 25.1. The molecular formula is C31H44ClFN4O2S. The minimum atomic E-state index is -0.810. The predicted octanol–water partition coefficient (Wildman–Crippen LogP) is 6.04. The summed E-state index contributed by atoms with van der Waals surface area (Å²) in [7, 11) is 0. The summed E-state index contributed by atoms with van der Waals surface area (Å²) < 4.78 is 20.5. The molecule has 0 radical (unpaired) electrons. The van der Waals surface area contributed by atoms with Crippen LogP contribution in [0.2, 0.25) is 5.02 Å². The number of halogens is 2. The summed E-state index contributed by atoms with van der Waals surface area (Å²) in [6, 6.07) is 11.9. The number of rotatable bonds is 16. The van der Waals surface area contributed by atoms with Crippen LogP contribution in [0, 0.1) is 11.7 Å². The maximum atomic E-state index is 15.0. The zero-order chi connectivity index (χ0) is 28.9. The van der Waals surface area contributed by atoms with E-state index < -0.39 is 6.04 Å². The van der Waals surface area contributed by atoms with E-state index >= 15 is 0 Å². The lowest BCUT2D eigenvalue weighted by Crippen LogP contribution is -2.44. The highest BCUT2D eigenvalue weighted by molar-refractivity contribution is 7.80. The highest BCUT2D eigenvalue weighted by Crippen LogP contribution is 2.35. The zero-order valence-electron chi connectivity index (χ0n) is 23.5. The third-order valence-corrected chi connectivity index (χ3v) is 8.41. The van der Waals surface area contributed by atoms with E-state index in [1.807, 2.05) is 24.3 Å². The van der Waals surface area contributed by atoms with Gasteiger partial charge in [0.25, 0.3) is 0 Å². The molecule has 2 aromatic rings. The summed E-state index contributed by atoms with van der Waals surface area (Å²) in [5.74, 6) is 0.181. The highest BCUT2D eigenvalue weighted by Gasteiger charge is 2.34. The van der Waals surface area contributed by atoms with Crippen LogP contribution in [0.15, 0.2) is 47.5 Å². The third-order valence-electron chi connectivity index (χ3n) is 7.85. The monoisotopic (exact) mass is 590 g/mol. The topological polar surface area (TPSA) is 88.7 Å². The SMILES string of the molecule is C=NC(CCCS)CCNC(C)CCc1c(F)cccc1NC(=O)[C@@H](N)C(c1ccc(Cl)cc1)C1CCOCC1. The van der Waals surface area contributed by atoms with Crippen LogP contribution in [0.3, 0.4) is 0 Å². The molecule has 2 aromatic carbocycles. The Morgan fingerprint density at radius 3 is 2.60 bits per heavy atom. The Labute approximate surface area is 249 Å². The van der Waals surface area contributed by atoms with Gasteiger partial charge in [-0.3, -0.25) is 9.79 Å². The summed E-state index contributed by atoms with van der Waals surface area (Å²) in [6.45, 7) is 7.89. The fraction of sp³-hybridized carbons (Fsp3) is 0.548. The first-order valence-electron chi connectivity index (χ1n) is 14.3. The normalized spacial score (nSPS) is 17.1. The molecule has 1 aliphatic heterocycles. The van der Waals surface area contributed by atoms with Crippen molar-refractivity contribution in [3.63, 3.8) is 0 Å². The number of benzene rings is 2. The number of nitrogens with one attached hydrogen (secondary N) is 2. The van der Waals surface area contributed by atoms with Gasteiger partial charge in [0.1, 0.15) is 5.82 Å². The molecule has 4 N–H and O–H groups in total. The van der Waals surface area contributed by atoms with E-state index in [2.05, 4.69) is 41.9 Å². The molecule has 0 aromatic heterocycles. The van der Waals surface area contributed by atoms with Crippen molar-refractivity contribution in [1.82, 2.24) is 5.32 Å². The second kappa shape index (κ2) is 17.1. The first-order chi connectivity index (χ1) is 19.3. The van der Waals surface area contributed by atoms with Crippen molar-refractivity contribution in [3.05, 3.63) is 64.4 Å². The fourth-order valence-electron chi connectivity index (χ4n) is 5.45. The maximum Gasteiger partial charge on any atom is 0.241 e. The van der Waals surface area contributed by atoms with Crippen molar-refractivity contribution in [2.45, 2.75) is 75.9 Å². The molecule has 1 fully saturated rings. The van der Waals surface area contributed by atoms with Crippen molar-refractivity contribution in [2.75, 3.05) is 30.8 Å². The Bertz CT molecular complexity index is 1070. The van der Waals surface area contributed by atoms with E-state index in [0.29, 0.717) is 42.3 Å². The summed E-state index contributed by atoms with van der Waals surface area (Å²) in [5, 5.41) is 7.09. The first kappa shape index (κ1) is 32.5. The van der Waals surface area contributed by atoms with Gasteiger partial charge in [-0.2, -0.15) is 12.6 Å². The van der Waals surface area contributed by atoms with Gasteiger partial charge in [0.15, 0.2) is 0 Å². The molecule has 3 rings (SSSR count). The number of carbonyl (C=O) groups is 1. The quantitative estimate of drug-likeness (QED) is 0.142.